The van der Waals surface area contributed by atoms with Gasteiger partial charge in [-0.1, -0.05) is 6.92 Å². The number of amides is 1. The Kier molecular flexibility index (Phi) is 4.59. The van der Waals surface area contributed by atoms with Crippen molar-refractivity contribution < 1.29 is 14.3 Å². The van der Waals surface area contributed by atoms with E-state index in [-0.39, 0.29) is 23.4 Å². The molecule has 5 heteroatoms. The summed E-state index contributed by atoms with van der Waals surface area (Å²) in [6.45, 7) is 7.58. The van der Waals surface area contributed by atoms with Crippen LogP contribution in [0, 0.1) is 5.92 Å². The molecule has 2 heterocycles. The standard InChI is InChI=1S/C13H24N2O3/c1-3-5-14-11-8-18-7-10(11)12(16)15-13(2)4-6-17-9-13/h10-11,14H,3-9H2,1-2H3,(H,15,16). The third kappa shape index (κ3) is 3.22. The van der Waals surface area contributed by atoms with Crippen LogP contribution in [0.25, 0.3) is 0 Å². The van der Waals surface area contributed by atoms with E-state index in [2.05, 4.69) is 17.6 Å². The third-order valence-electron chi connectivity index (χ3n) is 3.72. The summed E-state index contributed by atoms with van der Waals surface area (Å²) in [6, 6.07) is 0.149. The van der Waals surface area contributed by atoms with Crippen LogP contribution in [0.15, 0.2) is 0 Å². The average molecular weight is 256 g/mol. The van der Waals surface area contributed by atoms with E-state index in [1.807, 2.05) is 6.92 Å². The number of hydrogen-bond acceptors (Lipinski definition) is 4. The van der Waals surface area contributed by atoms with E-state index in [0.29, 0.717) is 19.8 Å². The number of ether oxygens (including phenoxy) is 2. The van der Waals surface area contributed by atoms with Crippen LogP contribution in [0.5, 0.6) is 0 Å². The topological polar surface area (TPSA) is 59.6 Å². The van der Waals surface area contributed by atoms with Gasteiger partial charge in [-0.15, -0.1) is 0 Å². The Morgan fingerprint density at radius 3 is 2.89 bits per heavy atom. The van der Waals surface area contributed by atoms with Crippen molar-refractivity contribution in [2.75, 3.05) is 33.0 Å². The molecule has 2 aliphatic rings. The minimum absolute atomic E-state index is 0.0750. The zero-order valence-corrected chi connectivity index (χ0v) is 11.3. The van der Waals surface area contributed by atoms with Crippen molar-refractivity contribution in [3.63, 3.8) is 0 Å². The zero-order valence-electron chi connectivity index (χ0n) is 11.3. The van der Waals surface area contributed by atoms with Gasteiger partial charge in [0.2, 0.25) is 5.91 Å². The maximum Gasteiger partial charge on any atom is 0.227 e. The molecular formula is C13H24N2O3. The Labute approximate surface area is 109 Å². The molecule has 2 rings (SSSR count). The average Bonchev–Trinajstić information content (AvgIpc) is 2.95. The molecule has 18 heavy (non-hydrogen) atoms. The quantitative estimate of drug-likeness (QED) is 0.742. The van der Waals surface area contributed by atoms with Crippen LogP contribution in [0.3, 0.4) is 0 Å². The fourth-order valence-corrected chi connectivity index (χ4v) is 2.50. The zero-order chi connectivity index (χ0) is 13.0. The van der Waals surface area contributed by atoms with Crippen LogP contribution in [0.1, 0.15) is 26.7 Å². The molecule has 0 aliphatic carbocycles. The van der Waals surface area contributed by atoms with Gasteiger partial charge < -0.3 is 20.1 Å². The molecule has 0 radical (unpaired) electrons. The fraction of sp³-hybridized carbons (Fsp3) is 0.923. The highest BCUT2D eigenvalue weighted by Crippen LogP contribution is 2.20. The lowest BCUT2D eigenvalue weighted by Crippen LogP contribution is -2.52. The predicted octanol–water partition coefficient (Wildman–Crippen LogP) is 0.296. The molecule has 2 fully saturated rings. The highest BCUT2D eigenvalue weighted by molar-refractivity contribution is 5.80. The van der Waals surface area contributed by atoms with Gasteiger partial charge in [0.05, 0.1) is 31.3 Å². The van der Waals surface area contributed by atoms with Crippen molar-refractivity contribution in [1.29, 1.82) is 0 Å². The number of nitrogens with one attached hydrogen (secondary N) is 2. The minimum atomic E-state index is -0.199. The number of rotatable bonds is 5. The second-order valence-corrected chi connectivity index (χ2v) is 5.56. The maximum atomic E-state index is 12.3. The van der Waals surface area contributed by atoms with Crippen LogP contribution < -0.4 is 10.6 Å². The van der Waals surface area contributed by atoms with Gasteiger partial charge in [0, 0.05) is 12.6 Å². The Morgan fingerprint density at radius 2 is 2.22 bits per heavy atom. The van der Waals surface area contributed by atoms with Crippen molar-refractivity contribution in [3.05, 3.63) is 0 Å². The highest BCUT2D eigenvalue weighted by atomic mass is 16.5. The van der Waals surface area contributed by atoms with Crippen LogP contribution in [-0.2, 0) is 14.3 Å². The molecule has 3 unspecified atom stereocenters. The Hall–Kier alpha value is -0.650. The molecule has 104 valence electrons. The van der Waals surface area contributed by atoms with Crippen LogP contribution in [0.4, 0.5) is 0 Å². The van der Waals surface area contributed by atoms with Crippen LogP contribution >= 0.6 is 0 Å². The Balaban J connectivity index is 1.87. The summed E-state index contributed by atoms with van der Waals surface area (Å²) in [6.07, 6.45) is 1.95. The first-order valence-corrected chi connectivity index (χ1v) is 6.85. The molecule has 0 spiro atoms. The summed E-state index contributed by atoms with van der Waals surface area (Å²) >= 11 is 0. The summed E-state index contributed by atoms with van der Waals surface area (Å²) < 4.78 is 10.8. The number of carbonyl (C=O) groups excluding carboxylic acids is 1. The molecule has 3 atom stereocenters. The molecule has 0 bridgehead atoms. The number of hydrogen-bond donors (Lipinski definition) is 2. The second kappa shape index (κ2) is 5.99. The lowest BCUT2D eigenvalue weighted by Gasteiger charge is -2.27. The maximum absolute atomic E-state index is 12.3. The Morgan fingerprint density at radius 1 is 1.39 bits per heavy atom. The molecule has 5 nitrogen and oxygen atoms in total. The largest absolute Gasteiger partial charge is 0.379 e. The molecule has 0 saturated carbocycles. The van der Waals surface area contributed by atoms with Gasteiger partial charge in [-0.3, -0.25) is 4.79 Å². The van der Waals surface area contributed by atoms with Gasteiger partial charge in [-0.25, -0.2) is 0 Å². The molecule has 2 N–H and O–H groups in total. The van der Waals surface area contributed by atoms with Crippen LogP contribution in [0.2, 0.25) is 0 Å². The summed E-state index contributed by atoms with van der Waals surface area (Å²) in [7, 11) is 0. The fourth-order valence-electron chi connectivity index (χ4n) is 2.50. The van der Waals surface area contributed by atoms with E-state index in [0.717, 1.165) is 26.0 Å². The molecule has 1 amide bonds. The number of carbonyl (C=O) groups is 1. The van der Waals surface area contributed by atoms with Crippen molar-refractivity contribution in [2.45, 2.75) is 38.3 Å². The van der Waals surface area contributed by atoms with Crippen molar-refractivity contribution in [2.24, 2.45) is 5.92 Å². The molecule has 2 aliphatic heterocycles. The second-order valence-electron chi connectivity index (χ2n) is 5.56. The third-order valence-corrected chi connectivity index (χ3v) is 3.72. The van der Waals surface area contributed by atoms with E-state index in [9.17, 15) is 4.79 Å². The van der Waals surface area contributed by atoms with E-state index in [1.54, 1.807) is 0 Å². The smallest absolute Gasteiger partial charge is 0.227 e. The summed E-state index contributed by atoms with van der Waals surface area (Å²) in [5.41, 5.74) is -0.199. The van der Waals surface area contributed by atoms with Gasteiger partial charge in [-0.05, 0) is 26.3 Å². The van der Waals surface area contributed by atoms with Crippen molar-refractivity contribution in [1.82, 2.24) is 10.6 Å². The summed E-state index contributed by atoms with van der Waals surface area (Å²) in [4.78, 5) is 12.3. The van der Waals surface area contributed by atoms with Gasteiger partial charge in [0.25, 0.3) is 0 Å². The van der Waals surface area contributed by atoms with Gasteiger partial charge in [0.1, 0.15) is 0 Å². The monoisotopic (exact) mass is 256 g/mol. The van der Waals surface area contributed by atoms with Gasteiger partial charge in [0.15, 0.2) is 0 Å². The SMILES string of the molecule is CCCNC1COCC1C(=O)NC1(C)CCOC1. The normalized spacial score (nSPS) is 35.9. The first kappa shape index (κ1) is 13.8. The van der Waals surface area contributed by atoms with E-state index >= 15 is 0 Å². The first-order valence-electron chi connectivity index (χ1n) is 6.85. The Bertz CT molecular complexity index is 290. The predicted molar refractivity (Wildman–Crippen MR) is 68.4 cm³/mol. The molecule has 2 saturated heterocycles. The lowest BCUT2D eigenvalue weighted by atomic mass is 9.97. The first-order chi connectivity index (χ1) is 8.64. The summed E-state index contributed by atoms with van der Waals surface area (Å²) in [5, 5.41) is 6.50. The lowest BCUT2D eigenvalue weighted by molar-refractivity contribution is -0.127. The minimum Gasteiger partial charge on any atom is -0.379 e. The van der Waals surface area contributed by atoms with E-state index in [4.69, 9.17) is 9.47 Å². The molecular weight excluding hydrogens is 232 g/mol. The van der Waals surface area contributed by atoms with Crippen molar-refractivity contribution in [3.8, 4) is 0 Å². The van der Waals surface area contributed by atoms with Gasteiger partial charge in [-0.2, -0.15) is 0 Å². The van der Waals surface area contributed by atoms with Crippen molar-refractivity contribution >= 4 is 5.91 Å². The van der Waals surface area contributed by atoms with E-state index < -0.39 is 0 Å². The highest BCUT2D eigenvalue weighted by Gasteiger charge is 2.38. The summed E-state index contributed by atoms with van der Waals surface area (Å²) in [5.74, 6) is 0.0167. The molecule has 0 aromatic carbocycles. The molecule has 0 aromatic heterocycles. The van der Waals surface area contributed by atoms with Gasteiger partial charge >= 0.3 is 0 Å². The molecule has 0 aromatic rings. The van der Waals surface area contributed by atoms with Crippen LogP contribution in [-0.4, -0.2) is 50.5 Å². The van der Waals surface area contributed by atoms with E-state index in [1.165, 1.54) is 0 Å².